The number of aryl methyl sites for hydroxylation is 1. The van der Waals surface area contributed by atoms with Crippen LogP contribution < -0.4 is 4.74 Å². The average molecular weight is 246 g/mol. The summed E-state index contributed by atoms with van der Waals surface area (Å²) >= 11 is 0. The molecule has 0 unspecified atom stereocenters. The highest BCUT2D eigenvalue weighted by atomic mass is 19.1. The fraction of sp³-hybridized carbons (Fsp3) is 0.200. The molecule has 0 radical (unpaired) electrons. The summed E-state index contributed by atoms with van der Waals surface area (Å²) < 4.78 is 19.2. The van der Waals surface area contributed by atoms with Gasteiger partial charge in [0.1, 0.15) is 5.75 Å². The fourth-order valence-corrected chi connectivity index (χ4v) is 1.64. The van der Waals surface area contributed by atoms with Gasteiger partial charge in [0.2, 0.25) is 0 Å². The first-order valence-corrected chi connectivity index (χ1v) is 5.79. The third-order valence-electron chi connectivity index (χ3n) is 2.75. The number of rotatable bonds is 3. The molecule has 0 spiro atoms. The minimum absolute atomic E-state index is 0.208. The zero-order chi connectivity index (χ0) is 13.1. The zero-order valence-electron chi connectivity index (χ0n) is 10.4. The predicted molar refractivity (Wildman–Crippen MR) is 68.3 cm³/mol. The molecule has 0 aliphatic carbocycles. The number of aliphatic hydroxyl groups excluding tert-OH is 1. The monoisotopic (exact) mass is 246 g/mol. The van der Waals surface area contributed by atoms with Gasteiger partial charge in [-0.05, 0) is 43.2 Å². The van der Waals surface area contributed by atoms with Gasteiger partial charge in [-0.3, -0.25) is 0 Å². The van der Waals surface area contributed by atoms with Crippen LogP contribution in [0.15, 0.2) is 42.5 Å². The van der Waals surface area contributed by atoms with E-state index in [1.165, 1.54) is 0 Å². The molecule has 1 atom stereocenters. The van der Waals surface area contributed by atoms with E-state index in [1.54, 1.807) is 56.3 Å². The summed E-state index contributed by atoms with van der Waals surface area (Å²) in [6, 6.07) is 12.0. The van der Waals surface area contributed by atoms with Crippen LogP contribution in [0, 0.1) is 12.7 Å². The maximum Gasteiger partial charge on any atom is 0.168 e. The second-order valence-electron chi connectivity index (χ2n) is 4.23. The summed E-state index contributed by atoms with van der Waals surface area (Å²) in [5.74, 6) is 0.404. The van der Waals surface area contributed by atoms with Gasteiger partial charge in [0.05, 0.1) is 6.10 Å². The van der Waals surface area contributed by atoms with E-state index in [2.05, 4.69) is 0 Å². The van der Waals surface area contributed by atoms with Crippen LogP contribution in [-0.2, 0) is 0 Å². The van der Waals surface area contributed by atoms with Crippen LogP contribution in [0.1, 0.15) is 24.2 Å². The number of hydrogen-bond donors (Lipinski definition) is 1. The largest absolute Gasteiger partial charge is 0.454 e. The molecule has 0 bridgehead atoms. The van der Waals surface area contributed by atoms with E-state index < -0.39 is 6.10 Å². The number of benzene rings is 2. The summed E-state index contributed by atoms with van der Waals surface area (Å²) in [6.07, 6.45) is -0.519. The molecule has 0 amide bonds. The highest BCUT2D eigenvalue weighted by Crippen LogP contribution is 2.27. The fourth-order valence-electron chi connectivity index (χ4n) is 1.64. The van der Waals surface area contributed by atoms with Crippen molar-refractivity contribution in [3.8, 4) is 11.5 Å². The second kappa shape index (κ2) is 5.19. The lowest BCUT2D eigenvalue weighted by Gasteiger charge is -2.09. The molecule has 0 aliphatic heterocycles. The van der Waals surface area contributed by atoms with Crippen LogP contribution in [0.2, 0.25) is 0 Å². The smallest absolute Gasteiger partial charge is 0.168 e. The molecular formula is C15H15FO2. The predicted octanol–water partition coefficient (Wildman–Crippen LogP) is 3.98. The molecule has 18 heavy (non-hydrogen) atoms. The molecule has 2 nitrogen and oxygen atoms in total. The number of aliphatic hydroxyl groups is 1. The lowest BCUT2D eigenvalue weighted by molar-refractivity contribution is 0.199. The third-order valence-corrected chi connectivity index (χ3v) is 2.75. The van der Waals surface area contributed by atoms with Crippen LogP contribution in [0.3, 0.4) is 0 Å². The van der Waals surface area contributed by atoms with E-state index >= 15 is 0 Å². The summed E-state index contributed by atoms with van der Waals surface area (Å²) in [7, 11) is 0. The number of ether oxygens (including phenoxy) is 1. The van der Waals surface area contributed by atoms with Gasteiger partial charge >= 0.3 is 0 Å². The van der Waals surface area contributed by atoms with Crippen molar-refractivity contribution in [3.63, 3.8) is 0 Å². The van der Waals surface area contributed by atoms with Gasteiger partial charge in [-0.25, -0.2) is 4.39 Å². The molecule has 0 fully saturated rings. The lowest BCUT2D eigenvalue weighted by atomic mass is 10.1. The summed E-state index contributed by atoms with van der Waals surface area (Å²) in [4.78, 5) is 0. The second-order valence-corrected chi connectivity index (χ2v) is 4.23. The molecule has 1 N–H and O–H groups in total. The first-order chi connectivity index (χ1) is 8.58. The molecule has 2 aromatic carbocycles. The van der Waals surface area contributed by atoms with Crippen molar-refractivity contribution in [2.45, 2.75) is 20.0 Å². The van der Waals surface area contributed by atoms with Crippen molar-refractivity contribution in [2.75, 3.05) is 0 Å². The van der Waals surface area contributed by atoms with Gasteiger partial charge in [0, 0.05) is 0 Å². The Bertz CT molecular complexity index is 533. The Morgan fingerprint density at radius 3 is 2.39 bits per heavy atom. The van der Waals surface area contributed by atoms with Gasteiger partial charge in [0.25, 0.3) is 0 Å². The lowest BCUT2D eigenvalue weighted by Crippen LogP contribution is -1.93. The first-order valence-electron chi connectivity index (χ1n) is 5.79. The van der Waals surface area contributed by atoms with Gasteiger partial charge in [-0.15, -0.1) is 0 Å². The highest BCUT2D eigenvalue weighted by Gasteiger charge is 2.07. The summed E-state index contributed by atoms with van der Waals surface area (Å²) in [5.41, 5.74) is 1.35. The molecule has 94 valence electrons. The van der Waals surface area contributed by atoms with E-state index in [9.17, 15) is 9.50 Å². The first kappa shape index (κ1) is 12.6. The van der Waals surface area contributed by atoms with Crippen molar-refractivity contribution >= 4 is 0 Å². The number of hydrogen-bond acceptors (Lipinski definition) is 2. The van der Waals surface area contributed by atoms with Crippen molar-refractivity contribution in [1.29, 1.82) is 0 Å². The Kier molecular flexibility index (Phi) is 3.63. The molecule has 0 saturated heterocycles. The van der Waals surface area contributed by atoms with Gasteiger partial charge < -0.3 is 9.84 Å². The molecule has 2 rings (SSSR count). The van der Waals surface area contributed by atoms with E-state index in [1.807, 2.05) is 0 Å². The molecule has 0 aromatic heterocycles. The van der Waals surface area contributed by atoms with E-state index in [0.717, 1.165) is 5.56 Å². The van der Waals surface area contributed by atoms with Crippen molar-refractivity contribution in [3.05, 3.63) is 59.4 Å². The summed E-state index contributed by atoms with van der Waals surface area (Å²) in [5, 5.41) is 9.38. The molecule has 2 aromatic rings. The van der Waals surface area contributed by atoms with E-state index in [-0.39, 0.29) is 11.6 Å². The Labute approximate surface area is 106 Å². The van der Waals surface area contributed by atoms with Crippen LogP contribution in [0.25, 0.3) is 0 Å². The normalized spacial score (nSPS) is 12.2. The van der Waals surface area contributed by atoms with Gasteiger partial charge in [0.15, 0.2) is 11.6 Å². The Morgan fingerprint density at radius 1 is 1.11 bits per heavy atom. The van der Waals surface area contributed by atoms with Crippen LogP contribution in [0.5, 0.6) is 11.5 Å². The topological polar surface area (TPSA) is 29.5 Å². The quantitative estimate of drug-likeness (QED) is 0.887. The van der Waals surface area contributed by atoms with Crippen LogP contribution >= 0.6 is 0 Å². The van der Waals surface area contributed by atoms with Crippen LogP contribution in [-0.4, -0.2) is 5.11 Å². The highest BCUT2D eigenvalue weighted by molar-refractivity contribution is 5.36. The van der Waals surface area contributed by atoms with Crippen molar-refractivity contribution in [2.24, 2.45) is 0 Å². The molecule has 3 heteroatoms. The maximum absolute atomic E-state index is 13.7. The zero-order valence-corrected chi connectivity index (χ0v) is 10.4. The maximum atomic E-state index is 13.7. The van der Waals surface area contributed by atoms with Gasteiger partial charge in [-0.2, -0.15) is 0 Å². The van der Waals surface area contributed by atoms with Crippen LogP contribution in [0.4, 0.5) is 4.39 Å². The molecular weight excluding hydrogens is 231 g/mol. The standard InChI is InChI=1S/C15H15FO2/c1-10-4-3-5-14(15(10)16)18-13-8-6-12(7-9-13)11(2)17/h3-9,11,17H,1-2H3/t11-/m0/s1. The molecule has 0 saturated carbocycles. The van der Waals surface area contributed by atoms with Crippen molar-refractivity contribution in [1.82, 2.24) is 0 Å². The Morgan fingerprint density at radius 2 is 1.78 bits per heavy atom. The minimum atomic E-state index is -0.519. The number of halogens is 1. The summed E-state index contributed by atoms with van der Waals surface area (Å²) in [6.45, 7) is 3.38. The SMILES string of the molecule is Cc1cccc(Oc2ccc([C@H](C)O)cc2)c1F. The minimum Gasteiger partial charge on any atom is -0.454 e. The molecule has 0 heterocycles. The Hall–Kier alpha value is -1.87. The van der Waals surface area contributed by atoms with Crippen molar-refractivity contribution < 1.29 is 14.2 Å². The average Bonchev–Trinajstić information content (AvgIpc) is 2.36. The van der Waals surface area contributed by atoms with E-state index in [4.69, 9.17) is 4.74 Å². The Balaban J connectivity index is 2.21. The van der Waals surface area contributed by atoms with E-state index in [0.29, 0.717) is 11.3 Å². The third kappa shape index (κ3) is 2.68. The van der Waals surface area contributed by atoms with Gasteiger partial charge in [-0.1, -0.05) is 24.3 Å². The molecule has 0 aliphatic rings.